The number of halogens is 2. The van der Waals surface area contributed by atoms with E-state index >= 15 is 0 Å². The van der Waals surface area contributed by atoms with E-state index in [4.69, 9.17) is 5.73 Å². The first-order chi connectivity index (χ1) is 13.0. The van der Waals surface area contributed by atoms with Gasteiger partial charge in [0.1, 0.15) is 0 Å². The monoisotopic (exact) mass is 365 g/mol. The van der Waals surface area contributed by atoms with Crippen molar-refractivity contribution in [3.63, 3.8) is 0 Å². The molecule has 0 aliphatic heterocycles. The normalized spacial score (nSPS) is 11.2. The molecule has 0 aliphatic rings. The number of carbonyl (C=O) groups excluding carboxylic acids is 1. The summed E-state index contributed by atoms with van der Waals surface area (Å²) in [6.45, 7) is 0.707. The van der Waals surface area contributed by atoms with Gasteiger partial charge >= 0.3 is 0 Å². The summed E-state index contributed by atoms with van der Waals surface area (Å²) >= 11 is 0. The van der Waals surface area contributed by atoms with E-state index in [1.165, 1.54) is 6.07 Å². The molecule has 27 heavy (non-hydrogen) atoms. The van der Waals surface area contributed by atoms with Crippen molar-refractivity contribution in [3.8, 4) is 0 Å². The zero-order chi connectivity index (χ0) is 19.0. The Morgan fingerprint density at radius 1 is 0.926 bits per heavy atom. The van der Waals surface area contributed by atoms with Crippen molar-refractivity contribution in [2.24, 2.45) is 5.73 Å². The lowest BCUT2D eigenvalue weighted by molar-refractivity contribution is 0.0951. The summed E-state index contributed by atoms with van der Waals surface area (Å²) in [6, 6.07) is 15.1. The Labute approximate surface area is 154 Å². The maximum Gasteiger partial charge on any atom is 0.251 e. The molecule has 0 bridgehead atoms. The quantitative estimate of drug-likeness (QED) is 0.512. The third-order valence-corrected chi connectivity index (χ3v) is 4.58. The van der Waals surface area contributed by atoms with Crippen LogP contribution < -0.4 is 11.1 Å². The molecule has 4 nitrogen and oxygen atoms in total. The van der Waals surface area contributed by atoms with Crippen molar-refractivity contribution in [2.45, 2.75) is 13.1 Å². The number of amides is 1. The fourth-order valence-corrected chi connectivity index (χ4v) is 3.18. The predicted octanol–water partition coefficient (Wildman–Crippen LogP) is 3.99. The number of hydrogen-bond acceptors (Lipinski definition) is 2. The van der Waals surface area contributed by atoms with Crippen LogP contribution in [0.3, 0.4) is 0 Å². The first-order valence-electron chi connectivity index (χ1n) is 8.52. The van der Waals surface area contributed by atoms with E-state index in [2.05, 4.69) is 10.3 Å². The molecule has 0 fully saturated rings. The molecule has 3 aromatic carbocycles. The number of aromatic nitrogens is 1. The molecule has 4 N–H and O–H groups in total. The zero-order valence-electron chi connectivity index (χ0n) is 14.4. The molecule has 1 aromatic heterocycles. The van der Waals surface area contributed by atoms with Crippen LogP contribution in [0, 0.1) is 11.6 Å². The summed E-state index contributed by atoms with van der Waals surface area (Å²) in [4.78, 5) is 15.4. The van der Waals surface area contributed by atoms with Gasteiger partial charge in [-0.1, -0.05) is 24.3 Å². The van der Waals surface area contributed by atoms with Gasteiger partial charge in [0.15, 0.2) is 11.6 Å². The number of rotatable bonds is 4. The van der Waals surface area contributed by atoms with Gasteiger partial charge in [-0.15, -0.1) is 0 Å². The van der Waals surface area contributed by atoms with Crippen molar-refractivity contribution in [1.82, 2.24) is 10.3 Å². The molecule has 0 saturated carbocycles. The van der Waals surface area contributed by atoms with Crippen LogP contribution in [-0.4, -0.2) is 10.9 Å². The lowest BCUT2D eigenvalue weighted by atomic mass is 10.1. The average molecular weight is 365 g/mol. The second kappa shape index (κ2) is 6.81. The summed E-state index contributed by atoms with van der Waals surface area (Å²) in [7, 11) is 0. The highest BCUT2D eigenvalue weighted by molar-refractivity contribution is 6.07. The molecule has 0 unspecified atom stereocenters. The highest BCUT2D eigenvalue weighted by Crippen LogP contribution is 2.28. The van der Waals surface area contributed by atoms with Gasteiger partial charge in [0.2, 0.25) is 0 Å². The average Bonchev–Trinajstić information content (AvgIpc) is 3.03. The summed E-state index contributed by atoms with van der Waals surface area (Å²) < 4.78 is 26.9. The van der Waals surface area contributed by atoms with E-state index in [-0.39, 0.29) is 5.91 Å². The number of H-pyrrole nitrogens is 1. The van der Waals surface area contributed by atoms with Gasteiger partial charge in [-0.05, 0) is 35.4 Å². The maximum absolute atomic E-state index is 13.5. The molecule has 0 aliphatic carbocycles. The maximum atomic E-state index is 13.5. The summed E-state index contributed by atoms with van der Waals surface area (Å²) in [5.74, 6) is -1.95. The molecular weight excluding hydrogens is 348 g/mol. The van der Waals surface area contributed by atoms with Crippen molar-refractivity contribution in [2.75, 3.05) is 0 Å². The van der Waals surface area contributed by atoms with Crippen LogP contribution in [0.15, 0.2) is 54.6 Å². The minimum atomic E-state index is -0.888. The molecule has 4 aromatic rings. The second-order valence-corrected chi connectivity index (χ2v) is 6.40. The Morgan fingerprint density at radius 3 is 2.52 bits per heavy atom. The number of carbonyl (C=O) groups is 1. The van der Waals surface area contributed by atoms with Gasteiger partial charge in [-0.25, -0.2) is 8.78 Å². The van der Waals surface area contributed by atoms with Gasteiger partial charge in [-0.3, -0.25) is 4.79 Å². The van der Waals surface area contributed by atoms with E-state index in [1.54, 1.807) is 18.2 Å². The van der Waals surface area contributed by atoms with Crippen LogP contribution in [0.25, 0.3) is 21.8 Å². The van der Waals surface area contributed by atoms with E-state index in [9.17, 15) is 13.6 Å². The third-order valence-electron chi connectivity index (χ3n) is 4.58. The minimum absolute atomic E-state index is 0.189. The fraction of sp³-hybridized carbons (Fsp3) is 0.0952. The SMILES string of the molecule is NCc1cccc(C(=O)NCc2ccc3c(c2)[nH]c2cc(F)c(F)cc23)c1. The Morgan fingerprint density at radius 2 is 1.70 bits per heavy atom. The first kappa shape index (κ1) is 17.2. The van der Waals surface area contributed by atoms with Crippen LogP contribution in [0.2, 0.25) is 0 Å². The van der Waals surface area contributed by atoms with Crippen LogP contribution in [0.1, 0.15) is 21.5 Å². The molecule has 0 spiro atoms. The number of fused-ring (bicyclic) bond motifs is 3. The number of nitrogens with two attached hydrogens (primary N) is 1. The minimum Gasteiger partial charge on any atom is -0.354 e. The number of benzene rings is 3. The predicted molar refractivity (Wildman–Crippen MR) is 101 cm³/mol. The molecule has 0 saturated heterocycles. The van der Waals surface area contributed by atoms with Crippen LogP contribution in [0.4, 0.5) is 8.78 Å². The van der Waals surface area contributed by atoms with Gasteiger partial charge in [-0.2, -0.15) is 0 Å². The van der Waals surface area contributed by atoms with Crippen molar-refractivity contribution in [3.05, 3.63) is 82.9 Å². The highest BCUT2D eigenvalue weighted by Gasteiger charge is 2.11. The first-order valence-corrected chi connectivity index (χ1v) is 8.52. The Hall–Kier alpha value is -3.25. The van der Waals surface area contributed by atoms with Crippen molar-refractivity contribution in [1.29, 1.82) is 0 Å². The van der Waals surface area contributed by atoms with E-state index in [1.807, 2.05) is 24.3 Å². The molecule has 1 heterocycles. The summed E-state index contributed by atoms with van der Waals surface area (Å²) in [5.41, 5.74) is 9.21. The molecule has 6 heteroatoms. The van der Waals surface area contributed by atoms with Crippen LogP contribution in [-0.2, 0) is 13.1 Å². The van der Waals surface area contributed by atoms with Crippen molar-refractivity contribution < 1.29 is 13.6 Å². The molecule has 0 atom stereocenters. The fourth-order valence-electron chi connectivity index (χ4n) is 3.18. The molecule has 4 rings (SSSR count). The second-order valence-electron chi connectivity index (χ2n) is 6.40. The van der Waals surface area contributed by atoms with Gasteiger partial charge < -0.3 is 16.0 Å². The molecule has 0 radical (unpaired) electrons. The zero-order valence-corrected chi connectivity index (χ0v) is 14.4. The number of nitrogens with one attached hydrogen (secondary N) is 2. The van der Waals surface area contributed by atoms with Crippen LogP contribution >= 0.6 is 0 Å². The van der Waals surface area contributed by atoms with Gasteiger partial charge in [0, 0.05) is 46.5 Å². The Kier molecular flexibility index (Phi) is 4.33. The largest absolute Gasteiger partial charge is 0.354 e. The van der Waals surface area contributed by atoms with Gasteiger partial charge in [0.25, 0.3) is 5.91 Å². The standard InChI is InChI=1S/C21H17F2N3O/c22-17-8-16-15-5-4-13(7-19(15)26-20(16)9-18(17)23)11-25-21(27)14-3-1-2-12(6-14)10-24/h1-9,26H,10-11,24H2,(H,25,27). The van der Waals surface area contributed by atoms with Crippen molar-refractivity contribution >= 4 is 27.7 Å². The smallest absolute Gasteiger partial charge is 0.251 e. The molecule has 1 amide bonds. The van der Waals surface area contributed by atoms with E-state index in [0.29, 0.717) is 29.6 Å². The lowest BCUT2D eigenvalue weighted by Gasteiger charge is -2.07. The lowest BCUT2D eigenvalue weighted by Crippen LogP contribution is -2.22. The summed E-state index contributed by atoms with van der Waals surface area (Å²) in [5, 5.41) is 4.29. The molecular formula is C21H17F2N3O. The third kappa shape index (κ3) is 3.27. The Bertz CT molecular complexity index is 1170. The van der Waals surface area contributed by atoms with Gasteiger partial charge in [0.05, 0.1) is 0 Å². The number of aromatic amines is 1. The van der Waals surface area contributed by atoms with E-state index < -0.39 is 11.6 Å². The topological polar surface area (TPSA) is 70.9 Å². The van der Waals surface area contributed by atoms with Crippen LogP contribution in [0.5, 0.6) is 0 Å². The van der Waals surface area contributed by atoms with E-state index in [0.717, 1.165) is 28.1 Å². The number of hydrogen-bond donors (Lipinski definition) is 3. The Balaban J connectivity index is 1.57. The summed E-state index contributed by atoms with van der Waals surface area (Å²) in [6.07, 6.45) is 0. The highest BCUT2D eigenvalue weighted by atomic mass is 19.2. The molecule has 136 valence electrons.